The number of hydrogen-bond acceptors (Lipinski definition) is 4. The minimum absolute atomic E-state index is 0.0178. The quantitative estimate of drug-likeness (QED) is 0.671. The van der Waals surface area contributed by atoms with Gasteiger partial charge in [-0.15, -0.1) is 0 Å². The third-order valence-corrected chi connectivity index (χ3v) is 2.95. The third-order valence-electron chi connectivity index (χ3n) is 2.95. The zero-order chi connectivity index (χ0) is 15.3. The summed E-state index contributed by atoms with van der Waals surface area (Å²) in [5.41, 5.74) is 10.6. The van der Waals surface area contributed by atoms with Crippen LogP contribution in [0.15, 0.2) is 12.1 Å². The number of carbonyl (C=O) groups excluding carboxylic acids is 2. The number of carbonyl (C=O) groups is 2. The Bertz CT molecular complexity index is 515. The Labute approximate surface area is 116 Å². The molecular weight excluding hydrogens is 263 g/mol. The van der Waals surface area contributed by atoms with Gasteiger partial charge in [0.15, 0.2) is 0 Å². The second-order valence-corrected chi connectivity index (χ2v) is 4.20. The molecule has 20 heavy (non-hydrogen) atoms. The molecule has 0 bridgehead atoms. The van der Waals surface area contributed by atoms with E-state index < -0.39 is 11.7 Å². The fraction of sp³-hybridized carbons (Fsp3) is 0.385. The number of rotatable bonds is 6. The van der Waals surface area contributed by atoms with Crippen molar-refractivity contribution in [3.63, 3.8) is 0 Å². The van der Waals surface area contributed by atoms with Crippen LogP contribution >= 0.6 is 0 Å². The Morgan fingerprint density at radius 2 is 1.90 bits per heavy atom. The fourth-order valence-corrected chi connectivity index (χ4v) is 1.80. The van der Waals surface area contributed by atoms with E-state index in [0.29, 0.717) is 13.1 Å². The van der Waals surface area contributed by atoms with E-state index in [0.717, 1.165) is 6.07 Å². The van der Waals surface area contributed by atoms with Gasteiger partial charge in [-0.05, 0) is 26.0 Å². The lowest BCUT2D eigenvalue weighted by Gasteiger charge is -2.19. The van der Waals surface area contributed by atoms with Gasteiger partial charge >= 0.3 is 0 Å². The zero-order valence-corrected chi connectivity index (χ0v) is 11.6. The summed E-state index contributed by atoms with van der Waals surface area (Å²) >= 11 is 0. The molecule has 0 aliphatic heterocycles. The first-order chi connectivity index (χ1) is 9.40. The van der Waals surface area contributed by atoms with Crippen molar-refractivity contribution in [2.75, 3.05) is 30.7 Å². The largest absolute Gasteiger partial charge is 0.398 e. The standard InChI is InChI=1S/C13H19FN4O2/c1-3-18(4-2)12(19)7-17-11-5-8(13(16)20)10(15)6-9(11)14/h5-6,17H,3-4,7,15H2,1-2H3,(H2,16,20). The van der Waals surface area contributed by atoms with Crippen LogP contribution in [0.25, 0.3) is 0 Å². The molecular formula is C13H19FN4O2. The molecule has 0 aliphatic rings. The van der Waals surface area contributed by atoms with Crippen LogP contribution < -0.4 is 16.8 Å². The van der Waals surface area contributed by atoms with Gasteiger partial charge in [-0.1, -0.05) is 0 Å². The summed E-state index contributed by atoms with van der Waals surface area (Å²) in [4.78, 5) is 24.5. The van der Waals surface area contributed by atoms with Crippen molar-refractivity contribution in [2.24, 2.45) is 5.73 Å². The van der Waals surface area contributed by atoms with Crippen molar-refractivity contribution < 1.29 is 14.0 Å². The van der Waals surface area contributed by atoms with Crippen molar-refractivity contribution in [1.29, 1.82) is 0 Å². The summed E-state index contributed by atoms with van der Waals surface area (Å²) in [7, 11) is 0. The van der Waals surface area contributed by atoms with Gasteiger partial charge < -0.3 is 21.7 Å². The van der Waals surface area contributed by atoms with Crippen LogP contribution in [0.2, 0.25) is 0 Å². The Balaban J connectivity index is 2.85. The first-order valence-electron chi connectivity index (χ1n) is 6.31. The maximum Gasteiger partial charge on any atom is 0.250 e. The maximum atomic E-state index is 13.7. The molecule has 0 aliphatic carbocycles. The van der Waals surface area contributed by atoms with Crippen LogP contribution in [0.3, 0.4) is 0 Å². The number of primary amides is 1. The Hall–Kier alpha value is -2.31. The Morgan fingerprint density at radius 3 is 2.40 bits per heavy atom. The molecule has 7 heteroatoms. The van der Waals surface area contributed by atoms with Crippen molar-refractivity contribution in [3.8, 4) is 0 Å². The monoisotopic (exact) mass is 282 g/mol. The molecule has 0 heterocycles. The highest BCUT2D eigenvalue weighted by molar-refractivity contribution is 5.99. The van der Waals surface area contributed by atoms with Crippen LogP contribution in [0.1, 0.15) is 24.2 Å². The van der Waals surface area contributed by atoms with Gasteiger partial charge in [0.25, 0.3) is 5.91 Å². The molecule has 0 spiro atoms. The van der Waals surface area contributed by atoms with Crippen LogP contribution in [0, 0.1) is 5.82 Å². The predicted molar refractivity (Wildman–Crippen MR) is 75.7 cm³/mol. The number of amides is 2. The number of benzene rings is 1. The summed E-state index contributed by atoms with van der Waals surface area (Å²) < 4.78 is 13.7. The SMILES string of the molecule is CCN(CC)C(=O)CNc1cc(C(N)=O)c(N)cc1F. The molecule has 0 radical (unpaired) electrons. The molecule has 5 N–H and O–H groups in total. The third kappa shape index (κ3) is 3.59. The van der Waals surface area contributed by atoms with Gasteiger partial charge in [-0.3, -0.25) is 9.59 Å². The fourth-order valence-electron chi connectivity index (χ4n) is 1.80. The summed E-state index contributed by atoms with van der Waals surface area (Å²) in [5, 5.41) is 2.65. The van der Waals surface area contributed by atoms with Gasteiger partial charge in [0.1, 0.15) is 5.82 Å². The van der Waals surface area contributed by atoms with Crippen LogP contribution in [-0.2, 0) is 4.79 Å². The number of nitrogen functional groups attached to an aromatic ring is 1. The summed E-state index contributed by atoms with van der Waals surface area (Å²) in [6, 6.07) is 2.22. The topological polar surface area (TPSA) is 101 Å². The highest BCUT2D eigenvalue weighted by Crippen LogP contribution is 2.21. The number of likely N-dealkylation sites (N-methyl/N-ethyl adjacent to an activating group) is 1. The van der Waals surface area contributed by atoms with E-state index in [1.807, 2.05) is 13.8 Å². The molecule has 1 aromatic carbocycles. The summed E-state index contributed by atoms with van der Waals surface area (Å²) in [6.45, 7) is 4.80. The maximum absolute atomic E-state index is 13.7. The second-order valence-electron chi connectivity index (χ2n) is 4.20. The van der Waals surface area contributed by atoms with Gasteiger partial charge in [0.2, 0.25) is 5.91 Å². The molecule has 110 valence electrons. The molecule has 0 atom stereocenters. The van der Waals surface area contributed by atoms with Crippen LogP contribution in [0.4, 0.5) is 15.8 Å². The highest BCUT2D eigenvalue weighted by Gasteiger charge is 2.14. The van der Waals surface area contributed by atoms with Crippen molar-refractivity contribution in [1.82, 2.24) is 4.90 Å². The van der Waals surface area contributed by atoms with E-state index in [1.165, 1.54) is 6.07 Å². The van der Waals surface area contributed by atoms with Crippen molar-refractivity contribution >= 4 is 23.2 Å². The molecule has 0 unspecified atom stereocenters. The van der Waals surface area contributed by atoms with Gasteiger partial charge in [-0.2, -0.15) is 0 Å². The minimum atomic E-state index is -0.749. The van der Waals surface area contributed by atoms with E-state index >= 15 is 0 Å². The van der Waals surface area contributed by atoms with E-state index in [1.54, 1.807) is 4.90 Å². The normalized spacial score (nSPS) is 10.2. The average Bonchev–Trinajstić information content (AvgIpc) is 2.38. The molecule has 6 nitrogen and oxygen atoms in total. The van der Waals surface area contributed by atoms with Crippen LogP contribution in [0.5, 0.6) is 0 Å². The van der Waals surface area contributed by atoms with E-state index in [-0.39, 0.29) is 29.4 Å². The number of nitrogens with zero attached hydrogens (tertiary/aromatic N) is 1. The lowest BCUT2D eigenvalue weighted by atomic mass is 10.1. The molecule has 0 aromatic heterocycles. The van der Waals surface area contributed by atoms with E-state index in [4.69, 9.17) is 11.5 Å². The van der Waals surface area contributed by atoms with Gasteiger partial charge in [0, 0.05) is 18.8 Å². The number of hydrogen-bond donors (Lipinski definition) is 3. The van der Waals surface area contributed by atoms with E-state index in [2.05, 4.69) is 5.32 Å². The van der Waals surface area contributed by atoms with Crippen LogP contribution in [-0.4, -0.2) is 36.3 Å². The second kappa shape index (κ2) is 6.74. The Morgan fingerprint density at radius 1 is 1.30 bits per heavy atom. The smallest absolute Gasteiger partial charge is 0.250 e. The average molecular weight is 282 g/mol. The molecule has 1 rings (SSSR count). The lowest BCUT2D eigenvalue weighted by molar-refractivity contribution is -0.128. The van der Waals surface area contributed by atoms with E-state index in [9.17, 15) is 14.0 Å². The summed E-state index contributed by atoms with van der Waals surface area (Å²) in [6.07, 6.45) is 0. The lowest BCUT2D eigenvalue weighted by Crippen LogP contribution is -2.35. The first kappa shape index (κ1) is 15.7. The number of nitrogens with one attached hydrogen (secondary N) is 1. The summed E-state index contributed by atoms with van der Waals surface area (Å²) in [5.74, 6) is -1.55. The first-order valence-corrected chi connectivity index (χ1v) is 6.31. The predicted octanol–water partition coefficient (Wildman–Crippen LogP) is 0.787. The number of nitrogens with two attached hydrogens (primary N) is 2. The molecule has 1 aromatic rings. The zero-order valence-electron chi connectivity index (χ0n) is 11.6. The minimum Gasteiger partial charge on any atom is -0.398 e. The number of halogens is 1. The number of anilines is 2. The Kier molecular flexibility index (Phi) is 5.31. The van der Waals surface area contributed by atoms with Gasteiger partial charge in [-0.25, -0.2) is 4.39 Å². The highest BCUT2D eigenvalue weighted by atomic mass is 19.1. The van der Waals surface area contributed by atoms with Crippen molar-refractivity contribution in [3.05, 3.63) is 23.5 Å². The molecule has 0 saturated carbocycles. The molecule has 2 amide bonds. The van der Waals surface area contributed by atoms with Crippen molar-refractivity contribution in [2.45, 2.75) is 13.8 Å². The molecule has 0 fully saturated rings. The molecule has 0 saturated heterocycles. The van der Waals surface area contributed by atoms with Gasteiger partial charge in [0.05, 0.1) is 17.8 Å².